The summed E-state index contributed by atoms with van der Waals surface area (Å²) >= 11 is 0. The fraction of sp³-hybridized carbons (Fsp3) is 0.560. The number of hydrogen-bond donors (Lipinski definition) is 4. The van der Waals surface area contributed by atoms with Crippen molar-refractivity contribution in [3.05, 3.63) is 63.4 Å². The van der Waals surface area contributed by atoms with Gasteiger partial charge in [-0.15, -0.1) is 0 Å². The van der Waals surface area contributed by atoms with Gasteiger partial charge in [0.05, 0.1) is 18.8 Å². The summed E-state index contributed by atoms with van der Waals surface area (Å²) in [7, 11) is -0.676. The molecule has 38 heavy (non-hydrogen) atoms. The lowest BCUT2D eigenvalue weighted by molar-refractivity contribution is -0.149. The fourth-order valence-electron chi connectivity index (χ4n) is 3.03. The quantitative estimate of drug-likeness (QED) is 0.252. The highest BCUT2D eigenvalue weighted by molar-refractivity contribution is 7.45. The van der Waals surface area contributed by atoms with Gasteiger partial charge in [0.1, 0.15) is 18.0 Å². The molecule has 0 amide bonds. The van der Waals surface area contributed by atoms with Crippen molar-refractivity contribution < 1.29 is 33.5 Å². The first-order chi connectivity index (χ1) is 18.0. The lowest BCUT2D eigenvalue weighted by atomic mass is 10.2. The van der Waals surface area contributed by atoms with Crippen LogP contribution in [0.4, 0.5) is 0 Å². The minimum Gasteiger partial charge on any atom is -0.462 e. The van der Waals surface area contributed by atoms with E-state index in [4.69, 9.17) is 28.7 Å². The lowest BCUT2D eigenvalue weighted by Crippen LogP contribution is -2.35. The van der Waals surface area contributed by atoms with Crippen molar-refractivity contribution in [2.45, 2.75) is 78.0 Å². The average Bonchev–Trinajstić information content (AvgIpc) is 3.32. The number of esters is 1. The van der Waals surface area contributed by atoms with Crippen LogP contribution >= 0.6 is 8.53 Å². The molecule has 0 spiro atoms. The van der Waals surface area contributed by atoms with Crippen molar-refractivity contribution in [2.75, 3.05) is 13.7 Å². The largest absolute Gasteiger partial charge is 0.462 e. The van der Waals surface area contributed by atoms with E-state index in [1.165, 1.54) is 16.8 Å². The Bertz CT molecular complexity index is 1040. The van der Waals surface area contributed by atoms with Crippen molar-refractivity contribution in [3.63, 3.8) is 0 Å². The summed E-state index contributed by atoms with van der Waals surface area (Å²) in [4.78, 5) is 37.7. The van der Waals surface area contributed by atoms with Gasteiger partial charge in [0.15, 0.2) is 0 Å². The molecule has 2 heterocycles. The molecule has 4 atom stereocenters. The first-order valence-electron chi connectivity index (χ1n) is 12.3. The smallest absolute Gasteiger partial charge is 0.330 e. The van der Waals surface area contributed by atoms with Crippen LogP contribution in [0.2, 0.25) is 0 Å². The van der Waals surface area contributed by atoms with Crippen LogP contribution in [0.5, 0.6) is 5.75 Å². The third kappa shape index (κ3) is 12.8. The number of aromatic amines is 1. The Morgan fingerprint density at radius 3 is 2.34 bits per heavy atom. The zero-order valence-electron chi connectivity index (χ0n) is 22.7. The molecule has 3 rings (SSSR count). The van der Waals surface area contributed by atoms with E-state index in [1.54, 1.807) is 46.8 Å². The van der Waals surface area contributed by atoms with E-state index >= 15 is 0 Å². The van der Waals surface area contributed by atoms with Gasteiger partial charge >= 0.3 is 20.2 Å². The summed E-state index contributed by atoms with van der Waals surface area (Å²) in [5.41, 5.74) is -0.970. The number of H-pyrrole nitrogens is 1. The molecule has 1 fully saturated rings. The third-order valence-electron chi connectivity index (χ3n) is 4.56. The maximum Gasteiger partial charge on any atom is 0.330 e. The standard InChI is InChI=1S/C21H28N3O7P.C3H8O.CH4O/c1-14(2)29-20(26)15(3)23-32(31-16-7-5-4-6-8-16)28-13-17-9-10-19(30-17)24-12-11-18(25)22-21(24)27;1-3(2)4;1-2/h4-8,11-12,14-15,17,19,23H,9-10,13H2,1-3H3,(H,22,25,27);3-4H,1-2H3;2H,1H3. The number of aliphatic hydroxyl groups is 2. The molecule has 0 radical (unpaired) electrons. The molecule has 4 N–H and O–H groups in total. The Morgan fingerprint density at radius 2 is 1.76 bits per heavy atom. The molecule has 1 aromatic carbocycles. The van der Waals surface area contributed by atoms with Crippen LogP contribution in [0.3, 0.4) is 0 Å². The number of para-hydroxylation sites is 1. The van der Waals surface area contributed by atoms with Crippen LogP contribution in [0.15, 0.2) is 52.2 Å². The van der Waals surface area contributed by atoms with Crippen LogP contribution in [0.1, 0.15) is 53.7 Å². The molecule has 1 aliphatic rings. The minimum atomic E-state index is -1.68. The molecular formula is C25H40N3O9P. The summed E-state index contributed by atoms with van der Waals surface area (Å²) in [6, 6.07) is 9.78. The number of rotatable bonds is 10. The maximum absolute atomic E-state index is 12.2. The number of benzene rings is 1. The molecule has 1 saturated heterocycles. The van der Waals surface area contributed by atoms with Gasteiger partial charge in [-0.25, -0.2) is 9.88 Å². The zero-order valence-corrected chi connectivity index (χ0v) is 23.6. The van der Waals surface area contributed by atoms with E-state index in [0.29, 0.717) is 18.6 Å². The molecule has 214 valence electrons. The molecule has 12 nitrogen and oxygen atoms in total. The van der Waals surface area contributed by atoms with Crippen molar-refractivity contribution in [1.29, 1.82) is 0 Å². The summed E-state index contributed by atoms with van der Waals surface area (Å²) < 4.78 is 24.4. The van der Waals surface area contributed by atoms with E-state index in [1.807, 2.05) is 18.2 Å². The van der Waals surface area contributed by atoms with Gasteiger partial charge in [0.2, 0.25) is 0 Å². The van der Waals surface area contributed by atoms with Gasteiger partial charge in [0, 0.05) is 25.5 Å². The summed E-state index contributed by atoms with van der Waals surface area (Å²) in [5, 5.41) is 18.1. The Labute approximate surface area is 223 Å². The second-order valence-electron chi connectivity index (χ2n) is 8.69. The van der Waals surface area contributed by atoms with E-state index in [0.717, 1.165) is 7.11 Å². The van der Waals surface area contributed by atoms with Gasteiger partial charge in [-0.1, -0.05) is 18.2 Å². The van der Waals surface area contributed by atoms with Crippen LogP contribution in [-0.2, 0) is 18.8 Å². The van der Waals surface area contributed by atoms with E-state index in [2.05, 4.69) is 10.1 Å². The number of ether oxygens (including phenoxy) is 2. The van der Waals surface area contributed by atoms with Gasteiger partial charge in [-0.05, 0) is 59.6 Å². The molecule has 0 aliphatic carbocycles. The van der Waals surface area contributed by atoms with Crippen molar-refractivity contribution >= 4 is 14.5 Å². The van der Waals surface area contributed by atoms with Gasteiger partial charge in [0.25, 0.3) is 5.56 Å². The van der Waals surface area contributed by atoms with Gasteiger partial charge in [-0.3, -0.25) is 19.1 Å². The number of aromatic nitrogens is 2. The highest BCUT2D eigenvalue weighted by atomic mass is 31.2. The molecule has 0 saturated carbocycles. The highest BCUT2D eigenvalue weighted by Gasteiger charge is 2.30. The number of carbonyl (C=O) groups is 1. The Kier molecular flexibility index (Phi) is 15.7. The maximum atomic E-state index is 12.2. The predicted octanol–water partition coefficient (Wildman–Crippen LogP) is 2.46. The first kappa shape index (κ1) is 33.4. The monoisotopic (exact) mass is 557 g/mol. The van der Waals surface area contributed by atoms with Crippen molar-refractivity contribution in [1.82, 2.24) is 14.6 Å². The van der Waals surface area contributed by atoms with E-state index in [-0.39, 0.29) is 24.9 Å². The average molecular weight is 558 g/mol. The fourth-order valence-corrected chi connectivity index (χ4v) is 4.25. The normalized spacial score (nSPS) is 18.1. The molecule has 13 heteroatoms. The molecule has 1 aliphatic heterocycles. The summed E-state index contributed by atoms with van der Waals surface area (Å²) in [5.74, 6) is 0.197. The number of nitrogens with zero attached hydrogens (tertiary/aromatic N) is 1. The molecule has 0 bridgehead atoms. The SMILES string of the molecule is CC(C)O.CC(C)OC(=O)C(C)NP(OCC1CCC(n2ccc(=O)[nH]c2=O)O1)Oc1ccccc1.CO. The Balaban J connectivity index is 0.00000110. The Hall–Kier alpha value is -2.60. The molecular weight excluding hydrogens is 517 g/mol. The lowest BCUT2D eigenvalue weighted by Gasteiger charge is -2.23. The topological polar surface area (TPSA) is 161 Å². The van der Waals surface area contributed by atoms with Crippen LogP contribution in [0, 0.1) is 0 Å². The van der Waals surface area contributed by atoms with E-state index in [9.17, 15) is 14.4 Å². The molecule has 4 unspecified atom stereocenters. The predicted molar refractivity (Wildman–Crippen MR) is 144 cm³/mol. The second kappa shape index (κ2) is 17.8. The zero-order chi connectivity index (χ0) is 28.7. The van der Waals surface area contributed by atoms with Crippen LogP contribution in [0.25, 0.3) is 0 Å². The van der Waals surface area contributed by atoms with Crippen LogP contribution in [-0.4, -0.2) is 63.8 Å². The van der Waals surface area contributed by atoms with Gasteiger partial charge < -0.3 is 28.7 Å². The molecule has 1 aromatic heterocycles. The summed E-state index contributed by atoms with van der Waals surface area (Å²) in [6.07, 6.45) is 1.53. The number of nitrogens with one attached hydrogen (secondary N) is 2. The minimum absolute atomic E-state index is 0.167. The summed E-state index contributed by atoms with van der Waals surface area (Å²) in [6.45, 7) is 8.90. The van der Waals surface area contributed by atoms with E-state index < -0.39 is 38.0 Å². The van der Waals surface area contributed by atoms with Crippen molar-refractivity contribution in [2.24, 2.45) is 0 Å². The number of carbonyl (C=O) groups excluding carboxylic acids is 1. The van der Waals surface area contributed by atoms with Crippen molar-refractivity contribution in [3.8, 4) is 5.75 Å². The highest BCUT2D eigenvalue weighted by Crippen LogP contribution is 2.38. The Morgan fingerprint density at radius 1 is 1.13 bits per heavy atom. The number of hydrogen-bond acceptors (Lipinski definition) is 10. The first-order valence-corrected chi connectivity index (χ1v) is 13.4. The van der Waals surface area contributed by atoms with Crippen LogP contribution < -0.4 is 20.9 Å². The third-order valence-corrected chi connectivity index (χ3v) is 5.92. The second-order valence-corrected chi connectivity index (χ2v) is 9.91. The van der Waals surface area contributed by atoms with Gasteiger partial charge in [-0.2, -0.15) is 0 Å². The number of aliphatic hydroxyl groups excluding tert-OH is 2. The molecule has 2 aromatic rings.